The molecule has 0 spiro atoms. The molecule has 2 aromatic rings. The van der Waals surface area contributed by atoms with Gasteiger partial charge in [0.1, 0.15) is 4.32 Å². The second-order valence-corrected chi connectivity index (χ2v) is 8.08. The van der Waals surface area contributed by atoms with Crippen molar-refractivity contribution in [1.82, 2.24) is 4.90 Å². The molecule has 0 N–H and O–H groups in total. The Morgan fingerprint density at radius 3 is 2.19 bits per heavy atom. The smallest absolute Gasteiger partial charge is 0.194 e. The molecule has 1 aliphatic heterocycles. The van der Waals surface area contributed by atoms with Crippen LogP contribution in [0.5, 0.6) is 0 Å². The van der Waals surface area contributed by atoms with Crippen LogP contribution in [0.1, 0.15) is 31.8 Å². The Morgan fingerprint density at radius 1 is 1.00 bits per heavy atom. The SMILES string of the molecule is O=C1c2ccccc2C(=O)c2cc(SC(=S)N3CCOCC3)c(Cl)cc21. The van der Waals surface area contributed by atoms with Gasteiger partial charge in [-0.25, -0.2) is 0 Å². The molecule has 26 heavy (non-hydrogen) atoms. The van der Waals surface area contributed by atoms with Crippen LogP contribution in [0.25, 0.3) is 0 Å². The monoisotopic (exact) mass is 403 g/mol. The third-order valence-corrected chi connectivity index (χ3v) is 6.37. The highest BCUT2D eigenvalue weighted by atomic mass is 35.5. The van der Waals surface area contributed by atoms with Crippen molar-refractivity contribution in [3.63, 3.8) is 0 Å². The van der Waals surface area contributed by atoms with E-state index >= 15 is 0 Å². The lowest BCUT2D eigenvalue weighted by Crippen LogP contribution is -2.38. The molecule has 4 rings (SSSR count). The highest BCUT2D eigenvalue weighted by molar-refractivity contribution is 8.23. The van der Waals surface area contributed by atoms with Crippen LogP contribution in [0, 0.1) is 0 Å². The molecule has 0 aromatic heterocycles. The third kappa shape index (κ3) is 3.07. The van der Waals surface area contributed by atoms with Crippen molar-refractivity contribution in [3.8, 4) is 0 Å². The molecule has 1 saturated heterocycles. The third-order valence-electron chi connectivity index (χ3n) is 4.44. The van der Waals surface area contributed by atoms with Gasteiger partial charge >= 0.3 is 0 Å². The number of hydrogen-bond acceptors (Lipinski definition) is 5. The van der Waals surface area contributed by atoms with Crippen molar-refractivity contribution in [2.24, 2.45) is 0 Å². The van der Waals surface area contributed by atoms with Crippen LogP contribution in [0.4, 0.5) is 0 Å². The van der Waals surface area contributed by atoms with Crippen LogP contribution in [0.3, 0.4) is 0 Å². The fourth-order valence-electron chi connectivity index (χ4n) is 3.08. The summed E-state index contributed by atoms with van der Waals surface area (Å²) in [6, 6.07) is 10.1. The Bertz CT molecular complexity index is 938. The number of halogens is 1. The maximum Gasteiger partial charge on any atom is 0.194 e. The van der Waals surface area contributed by atoms with Crippen LogP contribution in [-0.2, 0) is 4.74 Å². The molecule has 0 atom stereocenters. The summed E-state index contributed by atoms with van der Waals surface area (Å²) in [6.45, 7) is 2.75. The van der Waals surface area contributed by atoms with Gasteiger partial charge in [0.25, 0.3) is 0 Å². The molecule has 2 aliphatic rings. The molecular weight excluding hydrogens is 390 g/mol. The molecule has 0 unspecified atom stereocenters. The van der Waals surface area contributed by atoms with Crippen molar-refractivity contribution in [2.75, 3.05) is 26.3 Å². The number of ether oxygens (including phenoxy) is 1. The van der Waals surface area contributed by atoms with Gasteiger partial charge in [0.2, 0.25) is 0 Å². The van der Waals surface area contributed by atoms with Gasteiger partial charge in [-0.2, -0.15) is 0 Å². The Labute approximate surface area is 165 Å². The van der Waals surface area contributed by atoms with Crippen LogP contribution in [0.2, 0.25) is 5.02 Å². The lowest BCUT2D eigenvalue weighted by atomic mass is 9.84. The minimum Gasteiger partial charge on any atom is -0.378 e. The number of ketones is 2. The van der Waals surface area contributed by atoms with Gasteiger partial charge in [0, 0.05) is 40.2 Å². The first kappa shape index (κ1) is 17.7. The lowest BCUT2D eigenvalue weighted by Gasteiger charge is -2.28. The van der Waals surface area contributed by atoms with E-state index in [0.29, 0.717) is 49.7 Å². The molecule has 1 aliphatic carbocycles. The van der Waals surface area contributed by atoms with E-state index in [1.54, 1.807) is 36.4 Å². The summed E-state index contributed by atoms with van der Waals surface area (Å²) < 4.78 is 6.02. The Kier molecular flexibility index (Phi) is 4.84. The minimum atomic E-state index is -0.176. The molecule has 2 aromatic carbocycles. The van der Waals surface area contributed by atoms with E-state index in [1.165, 1.54) is 11.8 Å². The number of hydrogen-bond donors (Lipinski definition) is 0. The lowest BCUT2D eigenvalue weighted by molar-refractivity contribution is 0.0702. The number of fused-ring (bicyclic) bond motifs is 2. The van der Waals surface area contributed by atoms with E-state index in [4.69, 9.17) is 28.6 Å². The van der Waals surface area contributed by atoms with Crippen molar-refractivity contribution >= 4 is 51.5 Å². The summed E-state index contributed by atoms with van der Waals surface area (Å²) in [4.78, 5) is 28.3. The van der Waals surface area contributed by atoms with Crippen molar-refractivity contribution < 1.29 is 14.3 Å². The second-order valence-electron chi connectivity index (χ2n) is 6.00. The van der Waals surface area contributed by atoms with Crippen molar-refractivity contribution in [1.29, 1.82) is 0 Å². The zero-order chi connectivity index (χ0) is 18.3. The second kappa shape index (κ2) is 7.12. The van der Waals surface area contributed by atoms with E-state index in [-0.39, 0.29) is 11.6 Å². The number of rotatable bonds is 1. The quantitative estimate of drug-likeness (QED) is 0.454. The van der Waals surface area contributed by atoms with Crippen LogP contribution in [-0.4, -0.2) is 47.1 Å². The standard InChI is InChI=1S/C19H14ClNO3S2/c20-15-9-13-14(18(23)12-4-2-1-3-11(12)17(13)22)10-16(15)26-19(25)21-5-7-24-8-6-21/h1-4,9-10H,5-8H2. The molecule has 1 heterocycles. The minimum absolute atomic E-state index is 0.161. The fourth-order valence-corrected chi connectivity index (χ4v) is 4.65. The zero-order valence-corrected chi connectivity index (χ0v) is 16.0. The molecule has 0 saturated carbocycles. The predicted octanol–water partition coefficient (Wildman–Crippen LogP) is 3.82. The fraction of sp³-hybridized carbons (Fsp3) is 0.211. The summed E-state index contributed by atoms with van der Waals surface area (Å²) in [7, 11) is 0. The van der Waals surface area contributed by atoms with Crippen molar-refractivity contribution in [3.05, 3.63) is 63.7 Å². The first-order valence-corrected chi connectivity index (χ1v) is 9.73. The average molecular weight is 404 g/mol. The first-order chi connectivity index (χ1) is 12.6. The molecular formula is C19H14ClNO3S2. The van der Waals surface area contributed by atoms with E-state index in [1.807, 2.05) is 0 Å². The zero-order valence-electron chi connectivity index (χ0n) is 13.7. The predicted molar refractivity (Wildman–Crippen MR) is 106 cm³/mol. The van der Waals surface area contributed by atoms with Gasteiger partial charge in [0.05, 0.1) is 18.2 Å². The van der Waals surface area contributed by atoms with Crippen molar-refractivity contribution in [2.45, 2.75) is 4.90 Å². The molecule has 7 heteroatoms. The largest absolute Gasteiger partial charge is 0.378 e. The number of carbonyl (C=O) groups excluding carboxylic acids is 2. The molecule has 4 nitrogen and oxygen atoms in total. The van der Waals surface area contributed by atoms with Crippen LogP contribution in [0.15, 0.2) is 41.3 Å². The summed E-state index contributed by atoms with van der Waals surface area (Å²) in [5.74, 6) is -0.338. The van der Waals surface area contributed by atoms with E-state index in [9.17, 15) is 9.59 Å². The summed E-state index contributed by atoms with van der Waals surface area (Å²) in [5, 5.41) is 0.421. The number of benzene rings is 2. The van der Waals surface area contributed by atoms with Gasteiger partial charge in [0.15, 0.2) is 11.6 Å². The van der Waals surface area contributed by atoms with Crippen LogP contribution < -0.4 is 0 Å². The first-order valence-electron chi connectivity index (χ1n) is 8.13. The van der Waals surface area contributed by atoms with E-state index in [2.05, 4.69) is 4.90 Å². The Balaban J connectivity index is 1.68. The number of thioether (sulfide) groups is 1. The van der Waals surface area contributed by atoms with Gasteiger partial charge in [-0.3, -0.25) is 9.59 Å². The maximum atomic E-state index is 12.8. The van der Waals surface area contributed by atoms with E-state index in [0.717, 1.165) is 13.1 Å². The molecule has 0 amide bonds. The number of thiocarbonyl (C=S) groups is 1. The average Bonchev–Trinajstić information content (AvgIpc) is 2.68. The Hall–Kier alpha value is -1.73. The molecule has 1 fully saturated rings. The summed E-state index contributed by atoms with van der Waals surface area (Å²) in [5.41, 5.74) is 1.58. The topological polar surface area (TPSA) is 46.6 Å². The van der Waals surface area contributed by atoms with E-state index < -0.39 is 0 Å². The van der Waals surface area contributed by atoms with Gasteiger partial charge in [-0.15, -0.1) is 0 Å². The summed E-state index contributed by atoms with van der Waals surface area (Å²) >= 11 is 13.2. The number of morpholine rings is 1. The number of carbonyl (C=O) groups is 2. The highest BCUT2D eigenvalue weighted by Gasteiger charge is 2.30. The van der Waals surface area contributed by atoms with Crippen LogP contribution >= 0.6 is 35.6 Å². The summed E-state index contributed by atoms with van der Waals surface area (Å²) in [6.07, 6.45) is 0. The van der Waals surface area contributed by atoms with Gasteiger partial charge in [-0.05, 0) is 12.1 Å². The Morgan fingerprint density at radius 2 is 1.58 bits per heavy atom. The maximum absolute atomic E-state index is 12.8. The highest BCUT2D eigenvalue weighted by Crippen LogP contribution is 2.36. The van der Waals surface area contributed by atoms with Gasteiger partial charge < -0.3 is 9.64 Å². The number of nitrogens with zero attached hydrogens (tertiary/aromatic N) is 1. The molecule has 0 radical (unpaired) electrons. The normalized spacial score (nSPS) is 16.3. The molecule has 0 bridgehead atoms. The van der Waals surface area contributed by atoms with Gasteiger partial charge in [-0.1, -0.05) is 59.8 Å². The molecule has 132 valence electrons.